The average Bonchev–Trinajstić information content (AvgIpc) is 3.06. The van der Waals surface area contributed by atoms with Crippen molar-refractivity contribution in [3.63, 3.8) is 0 Å². The van der Waals surface area contributed by atoms with Crippen LogP contribution >= 0.6 is 11.3 Å². The Morgan fingerprint density at radius 2 is 2.09 bits per heavy atom. The quantitative estimate of drug-likeness (QED) is 0.848. The molecule has 0 aliphatic carbocycles. The fraction of sp³-hybridized carbons (Fsp3) is 0.294. The normalized spacial score (nSPS) is 18.4. The zero-order valence-electron chi connectivity index (χ0n) is 13.0. The minimum atomic E-state index is -0.613. The van der Waals surface area contributed by atoms with Crippen molar-refractivity contribution < 1.29 is 14.0 Å². The Morgan fingerprint density at radius 3 is 2.78 bits per heavy atom. The molecule has 23 heavy (non-hydrogen) atoms. The molecule has 0 spiro atoms. The van der Waals surface area contributed by atoms with Crippen molar-refractivity contribution in [3.05, 3.63) is 52.0 Å². The molecule has 1 saturated heterocycles. The summed E-state index contributed by atoms with van der Waals surface area (Å²) in [6, 6.07) is 7.64. The zero-order valence-corrected chi connectivity index (χ0v) is 13.8. The molecule has 0 radical (unpaired) electrons. The van der Waals surface area contributed by atoms with Crippen molar-refractivity contribution in [2.45, 2.75) is 19.9 Å². The third-order valence-electron chi connectivity index (χ3n) is 4.04. The molecule has 6 heteroatoms. The number of rotatable bonds is 2. The van der Waals surface area contributed by atoms with Gasteiger partial charge >= 0.3 is 0 Å². The SMILES string of the molecule is Cc1ccc(F)c(N2CCN(C(=O)c3cccs3)[C@H](C)C2=O)c1. The largest absolute Gasteiger partial charge is 0.324 e. The average molecular weight is 332 g/mol. The van der Waals surface area contributed by atoms with E-state index in [1.165, 1.54) is 22.3 Å². The van der Waals surface area contributed by atoms with Crippen molar-refractivity contribution >= 4 is 28.8 Å². The molecule has 1 aromatic heterocycles. The van der Waals surface area contributed by atoms with Crippen LogP contribution in [0.5, 0.6) is 0 Å². The first kappa shape index (κ1) is 15.7. The van der Waals surface area contributed by atoms with Crippen LogP contribution in [0.4, 0.5) is 10.1 Å². The monoisotopic (exact) mass is 332 g/mol. The minimum Gasteiger partial charge on any atom is -0.324 e. The maximum absolute atomic E-state index is 14.1. The van der Waals surface area contributed by atoms with Gasteiger partial charge in [-0.05, 0) is 43.0 Å². The van der Waals surface area contributed by atoms with Crippen molar-refractivity contribution in [1.29, 1.82) is 0 Å². The molecule has 0 bridgehead atoms. The number of benzene rings is 1. The van der Waals surface area contributed by atoms with E-state index in [-0.39, 0.29) is 17.5 Å². The summed E-state index contributed by atoms with van der Waals surface area (Å²) >= 11 is 1.35. The number of nitrogens with zero attached hydrogens (tertiary/aromatic N) is 2. The molecular weight excluding hydrogens is 315 g/mol. The summed E-state index contributed by atoms with van der Waals surface area (Å²) < 4.78 is 14.1. The Hall–Kier alpha value is -2.21. The topological polar surface area (TPSA) is 40.6 Å². The fourth-order valence-corrected chi connectivity index (χ4v) is 3.44. The van der Waals surface area contributed by atoms with Gasteiger partial charge in [0.15, 0.2) is 0 Å². The van der Waals surface area contributed by atoms with Crippen LogP contribution in [0.25, 0.3) is 0 Å². The number of carbonyl (C=O) groups excluding carboxylic acids is 2. The number of hydrogen-bond donors (Lipinski definition) is 0. The Kier molecular flexibility index (Phi) is 4.17. The van der Waals surface area contributed by atoms with E-state index in [9.17, 15) is 14.0 Å². The van der Waals surface area contributed by atoms with Crippen LogP contribution in [-0.4, -0.2) is 35.8 Å². The molecule has 120 valence electrons. The van der Waals surface area contributed by atoms with Gasteiger partial charge in [0.2, 0.25) is 5.91 Å². The second-order valence-corrected chi connectivity index (χ2v) is 6.54. The Bertz CT molecular complexity index is 745. The van der Waals surface area contributed by atoms with Crippen molar-refractivity contribution in [3.8, 4) is 0 Å². The highest BCUT2D eigenvalue weighted by molar-refractivity contribution is 7.12. The first-order chi connectivity index (χ1) is 11.0. The van der Waals surface area contributed by atoms with E-state index in [4.69, 9.17) is 0 Å². The number of amides is 2. The highest BCUT2D eigenvalue weighted by Gasteiger charge is 2.36. The molecule has 2 heterocycles. The second-order valence-electron chi connectivity index (χ2n) is 5.60. The number of thiophene rings is 1. The molecule has 1 atom stereocenters. The van der Waals surface area contributed by atoms with Gasteiger partial charge in [0, 0.05) is 13.1 Å². The molecule has 1 fully saturated rings. The predicted octanol–water partition coefficient (Wildman–Crippen LogP) is 3.07. The van der Waals surface area contributed by atoms with Crippen LogP contribution in [0.1, 0.15) is 22.2 Å². The summed E-state index contributed by atoms with van der Waals surface area (Å²) in [4.78, 5) is 28.7. The van der Waals surface area contributed by atoms with Crippen LogP contribution in [0.15, 0.2) is 35.7 Å². The summed E-state index contributed by atoms with van der Waals surface area (Å²) in [7, 11) is 0. The second kappa shape index (κ2) is 6.12. The van der Waals surface area contributed by atoms with E-state index >= 15 is 0 Å². The molecule has 1 aliphatic heterocycles. The van der Waals surface area contributed by atoms with Gasteiger partial charge in [0.25, 0.3) is 5.91 Å². The van der Waals surface area contributed by atoms with E-state index in [0.29, 0.717) is 18.0 Å². The van der Waals surface area contributed by atoms with Gasteiger partial charge in [-0.25, -0.2) is 4.39 Å². The molecule has 0 saturated carbocycles. The van der Waals surface area contributed by atoms with Crippen LogP contribution in [-0.2, 0) is 4.79 Å². The van der Waals surface area contributed by atoms with Gasteiger partial charge in [-0.1, -0.05) is 12.1 Å². The third-order valence-corrected chi connectivity index (χ3v) is 4.90. The molecule has 3 rings (SSSR count). The minimum absolute atomic E-state index is 0.148. The molecule has 1 aromatic carbocycles. The highest BCUT2D eigenvalue weighted by Crippen LogP contribution is 2.26. The van der Waals surface area contributed by atoms with Crippen molar-refractivity contribution in [2.75, 3.05) is 18.0 Å². The summed E-state index contributed by atoms with van der Waals surface area (Å²) in [6.45, 7) is 4.22. The van der Waals surface area contributed by atoms with Crippen LogP contribution < -0.4 is 4.90 Å². The van der Waals surface area contributed by atoms with Gasteiger partial charge in [-0.2, -0.15) is 0 Å². The number of piperazine rings is 1. The van der Waals surface area contributed by atoms with Gasteiger partial charge < -0.3 is 9.80 Å². The number of carbonyl (C=O) groups is 2. The standard InChI is InChI=1S/C17H17FN2O2S/c1-11-5-6-13(18)14(10-11)20-8-7-19(12(2)16(20)21)17(22)15-4-3-9-23-15/h3-6,9-10,12H,7-8H2,1-2H3/t12-/m1/s1. The lowest BCUT2D eigenvalue weighted by atomic mass is 10.1. The lowest BCUT2D eigenvalue weighted by Crippen LogP contribution is -2.57. The maximum Gasteiger partial charge on any atom is 0.264 e. The van der Waals surface area contributed by atoms with Crippen molar-refractivity contribution in [2.24, 2.45) is 0 Å². The smallest absolute Gasteiger partial charge is 0.264 e. The van der Waals surface area contributed by atoms with E-state index in [0.717, 1.165) is 5.56 Å². The third kappa shape index (κ3) is 2.86. The highest BCUT2D eigenvalue weighted by atomic mass is 32.1. The van der Waals surface area contributed by atoms with Crippen molar-refractivity contribution in [1.82, 2.24) is 4.90 Å². The van der Waals surface area contributed by atoms with Gasteiger partial charge in [-0.3, -0.25) is 9.59 Å². The number of hydrogen-bond acceptors (Lipinski definition) is 3. The lowest BCUT2D eigenvalue weighted by molar-refractivity contribution is -0.124. The Morgan fingerprint density at radius 1 is 1.30 bits per heavy atom. The first-order valence-electron chi connectivity index (χ1n) is 7.41. The Balaban J connectivity index is 1.84. The number of aryl methyl sites for hydroxylation is 1. The van der Waals surface area contributed by atoms with Gasteiger partial charge in [-0.15, -0.1) is 11.3 Å². The predicted molar refractivity (Wildman–Crippen MR) is 88.3 cm³/mol. The van der Waals surface area contributed by atoms with Gasteiger partial charge in [0.1, 0.15) is 11.9 Å². The van der Waals surface area contributed by atoms with Crippen LogP contribution in [0.3, 0.4) is 0 Å². The number of halogens is 1. The van der Waals surface area contributed by atoms with E-state index in [1.807, 2.05) is 18.4 Å². The molecule has 4 nitrogen and oxygen atoms in total. The molecule has 0 unspecified atom stereocenters. The van der Waals surface area contributed by atoms with E-state index in [2.05, 4.69) is 0 Å². The molecule has 2 aromatic rings. The fourth-order valence-electron chi connectivity index (χ4n) is 2.76. The van der Waals surface area contributed by atoms with Crippen LogP contribution in [0, 0.1) is 12.7 Å². The lowest BCUT2D eigenvalue weighted by Gasteiger charge is -2.39. The summed E-state index contributed by atoms with van der Waals surface area (Å²) in [5.41, 5.74) is 1.17. The number of anilines is 1. The molecular formula is C17H17FN2O2S. The zero-order chi connectivity index (χ0) is 16.6. The molecule has 0 N–H and O–H groups in total. The molecule has 2 amide bonds. The van der Waals surface area contributed by atoms with E-state index < -0.39 is 11.9 Å². The Labute approximate surface area is 138 Å². The summed E-state index contributed by atoms with van der Waals surface area (Å²) in [5, 5.41) is 1.83. The van der Waals surface area contributed by atoms with Crippen LogP contribution in [0.2, 0.25) is 0 Å². The van der Waals surface area contributed by atoms with Gasteiger partial charge in [0.05, 0.1) is 10.6 Å². The summed E-state index contributed by atoms with van der Waals surface area (Å²) in [5.74, 6) is -0.829. The first-order valence-corrected chi connectivity index (χ1v) is 8.29. The van der Waals surface area contributed by atoms with E-state index in [1.54, 1.807) is 30.0 Å². The maximum atomic E-state index is 14.1. The molecule has 1 aliphatic rings. The summed E-state index contributed by atoms with van der Waals surface area (Å²) in [6.07, 6.45) is 0.